The number of likely N-dealkylation sites (N-methyl/N-ethyl adjacent to an activating group) is 1. The van der Waals surface area contributed by atoms with E-state index < -0.39 is 10.8 Å². The highest BCUT2D eigenvalue weighted by Gasteiger charge is 2.27. The Morgan fingerprint density at radius 3 is 2.88 bits per heavy atom. The van der Waals surface area contributed by atoms with E-state index in [9.17, 15) is 9.00 Å². The van der Waals surface area contributed by atoms with E-state index in [4.69, 9.17) is 0 Å². The van der Waals surface area contributed by atoms with E-state index in [0.29, 0.717) is 0 Å². The predicted octanol–water partition coefficient (Wildman–Crippen LogP) is 0.354. The lowest BCUT2D eigenvalue weighted by Gasteiger charge is -2.32. The Balaban J connectivity index is 2.41. The second-order valence-electron chi connectivity index (χ2n) is 4.41. The Morgan fingerprint density at radius 2 is 2.31 bits per heavy atom. The molecule has 0 aliphatic carbocycles. The Kier molecular flexibility index (Phi) is 5.41. The van der Waals surface area contributed by atoms with Gasteiger partial charge in [-0.15, -0.1) is 0 Å². The maximum absolute atomic E-state index is 11.9. The highest BCUT2D eigenvalue weighted by Crippen LogP contribution is 2.13. The molecule has 0 aromatic heterocycles. The van der Waals surface area contributed by atoms with Gasteiger partial charge in [0.05, 0.1) is 6.04 Å². The minimum atomic E-state index is -0.790. The molecule has 0 aromatic rings. The van der Waals surface area contributed by atoms with Gasteiger partial charge in [0.1, 0.15) is 0 Å². The number of rotatable bonds is 5. The fraction of sp³-hybridized carbons (Fsp3) is 0.909. The number of carbonyl (C=O) groups is 1. The van der Waals surface area contributed by atoms with Crippen LogP contribution in [0.4, 0.5) is 0 Å². The lowest BCUT2D eigenvalue weighted by Crippen LogP contribution is -2.50. The molecule has 4 nitrogen and oxygen atoms in total. The van der Waals surface area contributed by atoms with Crippen molar-refractivity contribution in [3.8, 4) is 0 Å². The van der Waals surface area contributed by atoms with Crippen molar-refractivity contribution in [2.45, 2.75) is 37.5 Å². The first kappa shape index (κ1) is 13.6. The molecule has 1 aliphatic heterocycles. The van der Waals surface area contributed by atoms with Crippen LogP contribution in [0.2, 0.25) is 0 Å². The number of likely N-dealkylation sites (tertiary alicyclic amines) is 1. The van der Waals surface area contributed by atoms with Gasteiger partial charge in [-0.25, -0.2) is 0 Å². The van der Waals surface area contributed by atoms with Crippen LogP contribution in [0.3, 0.4) is 0 Å². The Labute approximate surface area is 100 Å². The number of nitrogens with one attached hydrogen (secondary N) is 1. The lowest BCUT2D eigenvalue weighted by molar-refractivity contribution is -0.135. The van der Waals surface area contributed by atoms with Crippen molar-refractivity contribution in [2.24, 2.45) is 0 Å². The molecular formula is C11H22N2O2S. The second kappa shape index (κ2) is 6.35. The summed E-state index contributed by atoms with van der Waals surface area (Å²) in [5, 5.41) is 3.21. The normalized spacial score (nSPS) is 25.6. The van der Waals surface area contributed by atoms with Crippen molar-refractivity contribution in [3.63, 3.8) is 0 Å². The second-order valence-corrected chi connectivity index (χ2v) is 6.21. The molecule has 0 radical (unpaired) electrons. The average Bonchev–Trinajstić information content (AvgIpc) is 2.27. The third kappa shape index (κ3) is 3.56. The smallest absolute Gasteiger partial charge is 0.239 e. The molecule has 94 valence electrons. The molecule has 5 heteroatoms. The number of carbonyl (C=O) groups excluding carboxylic acids is 1. The van der Waals surface area contributed by atoms with Gasteiger partial charge in [-0.2, -0.15) is 0 Å². The quantitative estimate of drug-likeness (QED) is 0.762. The summed E-state index contributed by atoms with van der Waals surface area (Å²) in [6.45, 7) is 3.55. The Morgan fingerprint density at radius 1 is 1.62 bits per heavy atom. The molecule has 1 N–H and O–H groups in total. The number of hydrogen-bond donors (Lipinski definition) is 1. The maximum Gasteiger partial charge on any atom is 0.239 e. The van der Waals surface area contributed by atoms with E-state index in [1.54, 1.807) is 6.26 Å². The minimum absolute atomic E-state index is 0.0174. The van der Waals surface area contributed by atoms with Crippen molar-refractivity contribution in [1.29, 1.82) is 0 Å². The topological polar surface area (TPSA) is 49.4 Å². The molecule has 0 saturated carbocycles. The molecular weight excluding hydrogens is 224 g/mol. The van der Waals surface area contributed by atoms with Gasteiger partial charge in [-0.1, -0.05) is 6.92 Å². The van der Waals surface area contributed by atoms with Crippen LogP contribution >= 0.6 is 0 Å². The lowest BCUT2D eigenvalue weighted by atomic mass is 10.0. The standard InChI is InChI=1S/C11H22N2O2S/c1-9(16(3)15)6-8-13-7-4-5-10(12-2)11(13)14/h9-10,12H,4-8H2,1-3H3. The van der Waals surface area contributed by atoms with E-state index in [0.717, 1.165) is 32.4 Å². The predicted molar refractivity (Wildman–Crippen MR) is 66.8 cm³/mol. The van der Waals surface area contributed by atoms with Crippen LogP contribution in [0.1, 0.15) is 26.2 Å². The summed E-state index contributed by atoms with van der Waals surface area (Å²) in [5.41, 5.74) is 0. The van der Waals surface area contributed by atoms with Gasteiger partial charge in [-0.3, -0.25) is 9.00 Å². The van der Waals surface area contributed by atoms with Crippen molar-refractivity contribution in [2.75, 3.05) is 26.4 Å². The zero-order chi connectivity index (χ0) is 12.1. The van der Waals surface area contributed by atoms with Gasteiger partial charge in [0.25, 0.3) is 0 Å². The van der Waals surface area contributed by atoms with Crippen LogP contribution in [-0.4, -0.2) is 52.7 Å². The van der Waals surface area contributed by atoms with Gasteiger partial charge in [-0.05, 0) is 26.3 Å². The summed E-state index contributed by atoms with van der Waals surface area (Å²) in [5.74, 6) is 0.197. The first-order chi connectivity index (χ1) is 7.56. The summed E-state index contributed by atoms with van der Waals surface area (Å²) >= 11 is 0. The third-order valence-corrected chi connectivity index (χ3v) is 4.62. The van der Waals surface area contributed by atoms with Crippen molar-refractivity contribution in [3.05, 3.63) is 0 Å². The van der Waals surface area contributed by atoms with Crippen LogP contribution in [0.5, 0.6) is 0 Å². The number of hydrogen-bond acceptors (Lipinski definition) is 3. The molecule has 1 aliphatic rings. The molecule has 1 fully saturated rings. The van der Waals surface area contributed by atoms with Crippen molar-refractivity contribution < 1.29 is 9.00 Å². The molecule has 3 unspecified atom stereocenters. The molecule has 0 aromatic carbocycles. The van der Waals surface area contributed by atoms with E-state index in [1.165, 1.54) is 0 Å². The van der Waals surface area contributed by atoms with Crippen molar-refractivity contribution >= 4 is 16.7 Å². The van der Waals surface area contributed by atoms with Crippen LogP contribution in [0.25, 0.3) is 0 Å². The summed E-state index contributed by atoms with van der Waals surface area (Å²) in [6, 6.07) is -0.0174. The van der Waals surface area contributed by atoms with Crippen molar-refractivity contribution in [1.82, 2.24) is 10.2 Å². The first-order valence-electron chi connectivity index (χ1n) is 5.84. The molecule has 1 saturated heterocycles. The fourth-order valence-electron chi connectivity index (χ4n) is 1.93. The van der Waals surface area contributed by atoms with E-state index in [-0.39, 0.29) is 17.2 Å². The minimum Gasteiger partial charge on any atom is -0.341 e. The highest BCUT2D eigenvalue weighted by atomic mass is 32.2. The number of nitrogens with zero attached hydrogens (tertiary/aromatic N) is 1. The molecule has 0 bridgehead atoms. The van der Waals surface area contributed by atoms with Crippen LogP contribution in [0.15, 0.2) is 0 Å². The van der Waals surface area contributed by atoms with Gasteiger partial charge in [0, 0.05) is 35.4 Å². The van der Waals surface area contributed by atoms with Crippen LogP contribution in [0, 0.1) is 0 Å². The number of piperidine rings is 1. The summed E-state index contributed by atoms with van der Waals surface area (Å²) in [6.07, 6.45) is 4.53. The fourth-order valence-corrected chi connectivity index (χ4v) is 2.37. The van der Waals surface area contributed by atoms with E-state index >= 15 is 0 Å². The highest BCUT2D eigenvalue weighted by molar-refractivity contribution is 7.84. The monoisotopic (exact) mass is 246 g/mol. The first-order valence-corrected chi connectivity index (χ1v) is 7.46. The number of amides is 1. The van der Waals surface area contributed by atoms with E-state index in [2.05, 4.69) is 5.32 Å². The molecule has 1 heterocycles. The zero-order valence-electron chi connectivity index (χ0n) is 10.4. The molecule has 0 spiro atoms. The zero-order valence-corrected chi connectivity index (χ0v) is 11.2. The molecule has 16 heavy (non-hydrogen) atoms. The van der Waals surface area contributed by atoms with Gasteiger partial charge in [0.15, 0.2) is 0 Å². The SMILES string of the molecule is CNC1CCCN(CCC(C)S(C)=O)C1=O. The van der Waals surface area contributed by atoms with Gasteiger partial charge < -0.3 is 10.2 Å². The maximum atomic E-state index is 11.9. The Hall–Kier alpha value is -0.420. The summed E-state index contributed by atoms with van der Waals surface area (Å²) < 4.78 is 11.2. The summed E-state index contributed by atoms with van der Waals surface area (Å²) in [7, 11) is 1.04. The average molecular weight is 246 g/mol. The van der Waals surface area contributed by atoms with Crippen LogP contribution < -0.4 is 5.32 Å². The third-order valence-electron chi connectivity index (χ3n) is 3.25. The Bertz CT molecular complexity index is 271. The molecule has 1 rings (SSSR count). The largest absolute Gasteiger partial charge is 0.341 e. The molecule has 3 atom stereocenters. The van der Waals surface area contributed by atoms with Gasteiger partial charge >= 0.3 is 0 Å². The molecule has 1 amide bonds. The van der Waals surface area contributed by atoms with E-state index in [1.807, 2.05) is 18.9 Å². The summed E-state index contributed by atoms with van der Waals surface area (Å²) in [4.78, 5) is 13.8. The van der Waals surface area contributed by atoms with Crippen LogP contribution in [-0.2, 0) is 15.6 Å². The van der Waals surface area contributed by atoms with Gasteiger partial charge in [0.2, 0.25) is 5.91 Å².